The van der Waals surface area contributed by atoms with Crippen LogP contribution in [-0.2, 0) is 14.3 Å². The topological polar surface area (TPSA) is 93.7 Å². The predicted octanol–water partition coefficient (Wildman–Crippen LogP) is 2.90. The van der Waals surface area contributed by atoms with E-state index in [0.717, 1.165) is 5.56 Å². The minimum absolute atomic E-state index is 0.129. The number of esters is 1. The number of carbonyl (C=O) groups is 3. The molecule has 1 aliphatic heterocycles. The smallest absolute Gasteiger partial charge is 0.360 e. The van der Waals surface area contributed by atoms with Crippen LogP contribution < -0.4 is 15.4 Å². The van der Waals surface area contributed by atoms with Crippen LogP contribution in [0.3, 0.4) is 0 Å². The largest absolute Gasteiger partial charge is 0.464 e. The fourth-order valence-electron chi connectivity index (χ4n) is 2.69. The molecule has 0 radical (unpaired) electrons. The Labute approximate surface area is 156 Å². The van der Waals surface area contributed by atoms with Crippen LogP contribution in [0.15, 0.2) is 42.5 Å². The summed E-state index contributed by atoms with van der Waals surface area (Å²) in [5, 5.41) is 5.41. The summed E-state index contributed by atoms with van der Waals surface area (Å²) < 4.78 is 10.6. The van der Waals surface area contributed by atoms with Crippen LogP contribution in [0.25, 0.3) is 0 Å². The summed E-state index contributed by atoms with van der Waals surface area (Å²) in [7, 11) is 0. The van der Waals surface area contributed by atoms with E-state index in [-0.39, 0.29) is 18.3 Å². The van der Waals surface area contributed by atoms with Crippen molar-refractivity contribution in [3.8, 4) is 5.75 Å². The molecule has 0 fully saturated rings. The zero-order valence-electron chi connectivity index (χ0n) is 15.3. The van der Waals surface area contributed by atoms with Gasteiger partial charge in [0, 0.05) is 17.3 Å². The van der Waals surface area contributed by atoms with Crippen LogP contribution in [-0.4, -0.2) is 30.0 Å². The normalized spacial score (nSPS) is 18.0. The predicted molar refractivity (Wildman–Crippen MR) is 99.9 cm³/mol. The van der Waals surface area contributed by atoms with Gasteiger partial charge in [-0.2, -0.15) is 0 Å². The van der Waals surface area contributed by atoms with Gasteiger partial charge in [-0.05, 0) is 45.0 Å². The molecule has 0 saturated heterocycles. The minimum Gasteiger partial charge on any atom is -0.464 e. The summed E-state index contributed by atoms with van der Waals surface area (Å²) in [6.07, 6.45) is 0. The van der Waals surface area contributed by atoms with Crippen molar-refractivity contribution in [2.45, 2.75) is 26.4 Å². The van der Waals surface area contributed by atoms with Gasteiger partial charge in [-0.15, -0.1) is 0 Å². The van der Waals surface area contributed by atoms with E-state index in [1.165, 1.54) is 6.92 Å². The molecule has 2 amide bonds. The summed E-state index contributed by atoms with van der Waals surface area (Å²) in [4.78, 5) is 36.8. The maximum atomic E-state index is 12.4. The molecule has 140 valence electrons. The van der Waals surface area contributed by atoms with E-state index >= 15 is 0 Å². The molecule has 1 aliphatic rings. The van der Waals surface area contributed by atoms with Gasteiger partial charge in [-0.3, -0.25) is 9.59 Å². The van der Waals surface area contributed by atoms with E-state index in [9.17, 15) is 14.4 Å². The zero-order valence-corrected chi connectivity index (χ0v) is 15.3. The van der Waals surface area contributed by atoms with Gasteiger partial charge >= 0.3 is 5.97 Å². The molecule has 1 unspecified atom stereocenters. The summed E-state index contributed by atoms with van der Waals surface area (Å²) in [5.74, 6) is -1.38. The average molecular weight is 368 g/mol. The van der Waals surface area contributed by atoms with Crippen molar-refractivity contribution in [1.29, 1.82) is 0 Å². The van der Waals surface area contributed by atoms with Crippen LogP contribution in [0, 0.1) is 6.92 Å². The third-order valence-electron chi connectivity index (χ3n) is 4.18. The van der Waals surface area contributed by atoms with Crippen LogP contribution in [0.5, 0.6) is 5.75 Å². The Morgan fingerprint density at radius 2 is 2.00 bits per heavy atom. The Kier molecular flexibility index (Phi) is 4.85. The summed E-state index contributed by atoms with van der Waals surface area (Å²) >= 11 is 0. The Morgan fingerprint density at radius 1 is 1.22 bits per heavy atom. The number of aryl methyl sites for hydroxylation is 1. The molecule has 0 saturated carbocycles. The van der Waals surface area contributed by atoms with Crippen molar-refractivity contribution in [2.75, 3.05) is 17.2 Å². The Balaban J connectivity index is 1.84. The first-order chi connectivity index (χ1) is 12.8. The number of ether oxygens (including phenoxy) is 2. The maximum absolute atomic E-state index is 12.4. The van der Waals surface area contributed by atoms with E-state index < -0.39 is 17.5 Å². The average Bonchev–Trinajstić information content (AvgIpc) is 2.63. The highest BCUT2D eigenvalue weighted by atomic mass is 16.6. The van der Waals surface area contributed by atoms with Gasteiger partial charge in [-0.25, -0.2) is 4.79 Å². The van der Waals surface area contributed by atoms with E-state index in [2.05, 4.69) is 10.6 Å². The van der Waals surface area contributed by atoms with Gasteiger partial charge in [0.05, 0.1) is 12.3 Å². The van der Waals surface area contributed by atoms with Crippen molar-refractivity contribution in [1.82, 2.24) is 0 Å². The second-order valence-electron chi connectivity index (χ2n) is 6.34. The number of amides is 2. The highest BCUT2D eigenvalue weighted by Crippen LogP contribution is 2.36. The van der Waals surface area contributed by atoms with Crippen LogP contribution >= 0.6 is 0 Å². The third-order valence-corrected chi connectivity index (χ3v) is 4.18. The van der Waals surface area contributed by atoms with Crippen molar-refractivity contribution in [3.63, 3.8) is 0 Å². The highest BCUT2D eigenvalue weighted by Gasteiger charge is 2.48. The fourth-order valence-corrected chi connectivity index (χ4v) is 2.69. The molecule has 2 aromatic rings. The van der Waals surface area contributed by atoms with Gasteiger partial charge in [0.25, 0.3) is 17.4 Å². The van der Waals surface area contributed by atoms with Gasteiger partial charge in [0.1, 0.15) is 5.75 Å². The van der Waals surface area contributed by atoms with Crippen LogP contribution in [0.1, 0.15) is 29.8 Å². The molecule has 0 bridgehead atoms. The Morgan fingerprint density at radius 3 is 2.70 bits per heavy atom. The van der Waals surface area contributed by atoms with E-state index in [0.29, 0.717) is 16.9 Å². The molecule has 3 rings (SSSR count). The summed E-state index contributed by atoms with van der Waals surface area (Å²) in [6, 6.07) is 12.0. The van der Waals surface area contributed by atoms with Gasteiger partial charge in [0.2, 0.25) is 0 Å². The molecule has 2 aromatic carbocycles. The van der Waals surface area contributed by atoms with Crippen molar-refractivity contribution < 1.29 is 23.9 Å². The maximum Gasteiger partial charge on any atom is 0.360 e. The molecule has 27 heavy (non-hydrogen) atoms. The van der Waals surface area contributed by atoms with E-state index in [4.69, 9.17) is 9.47 Å². The molecule has 7 heteroatoms. The molecule has 1 heterocycles. The molecule has 0 aliphatic carbocycles. The number of fused-ring (bicyclic) bond motifs is 1. The lowest BCUT2D eigenvalue weighted by molar-refractivity contribution is -0.165. The zero-order chi connectivity index (χ0) is 19.6. The Bertz CT molecular complexity index is 924. The molecule has 0 spiro atoms. The number of benzene rings is 2. The molecule has 2 N–H and O–H groups in total. The molecular weight excluding hydrogens is 348 g/mol. The van der Waals surface area contributed by atoms with Crippen molar-refractivity contribution in [2.24, 2.45) is 0 Å². The van der Waals surface area contributed by atoms with Crippen LogP contribution in [0.4, 0.5) is 11.4 Å². The van der Waals surface area contributed by atoms with E-state index in [1.54, 1.807) is 43.3 Å². The van der Waals surface area contributed by atoms with Crippen molar-refractivity contribution >= 4 is 29.2 Å². The number of anilines is 2. The monoisotopic (exact) mass is 368 g/mol. The third kappa shape index (κ3) is 3.62. The van der Waals surface area contributed by atoms with Crippen molar-refractivity contribution in [3.05, 3.63) is 53.6 Å². The van der Waals surface area contributed by atoms with Gasteiger partial charge in [0.15, 0.2) is 0 Å². The van der Waals surface area contributed by atoms with Gasteiger partial charge in [-0.1, -0.05) is 17.7 Å². The molecule has 1 atom stereocenters. The standard InChI is InChI=1S/C20H20N2O5/c1-4-26-19(25)20(3)18(24)22-15-9-8-14(11-16(15)27-20)21-17(23)13-7-5-6-12(2)10-13/h5-11H,4H2,1-3H3,(H,21,23)(H,22,24). The lowest BCUT2D eigenvalue weighted by Crippen LogP contribution is -2.55. The van der Waals surface area contributed by atoms with E-state index in [1.807, 2.05) is 13.0 Å². The molecule has 7 nitrogen and oxygen atoms in total. The summed E-state index contributed by atoms with van der Waals surface area (Å²) in [6.45, 7) is 5.03. The Hall–Kier alpha value is -3.35. The minimum atomic E-state index is -1.79. The second-order valence-corrected chi connectivity index (χ2v) is 6.34. The lowest BCUT2D eigenvalue weighted by Gasteiger charge is -2.32. The molecular formula is C20H20N2O5. The van der Waals surface area contributed by atoms with Crippen LogP contribution in [0.2, 0.25) is 0 Å². The molecule has 0 aromatic heterocycles. The first-order valence-corrected chi connectivity index (χ1v) is 8.53. The summed E-state index contributed by atoms with van der Waals surface area (Å²) in [5.41, 5.74) is 0.600. The fraction of sp³-hybridized carbons (Fsp3) is 0.250. The number of rotatable bonds is 4. The number of hydrogen-bond acceptors (Lipinski definition) is 5. The lowest BCUT2D eigenvalue weighted by atomic mass is 10.0. The number of carbonyl (C=O) groups excluding carboxylic acids is 3. The first-order valence-electron chi connectivity index (χ1n) is 8.53. The van der Waals surface area contributed by atoms with Gasteiger partial charge < -0.3 is 20.1 Å². The SMILES string of the molecule is CCOC(=O)C1(C)Oc2cc(NC(=O)c3cccc(C)c3)ccc2NC1=O. The number of hydrogen-bond donors (Lipinski definition) is 2. The quantitative estimate of drug-likeness (QED) is 0.639. The highest BCUT2D eigenvalue weighted by molar-refractivity contribution is 6.14. The second kappa shape index (κ2) is 7.11. The first kappa shape index (κ1) is 18.4. The number of nitrogens with one attached hydrogen (secondary N) is 2.